The Bertz CT molecular complexity index is 700. The van der Waals surface area contributed by atoms with E-state index in [1.54, 1.807) is 11.3 Å². The van der Waals surface area contributed by atoms with E-state index < -0.39 is 0 Å². The van der Waals surface area contributed by atoms with Crippen molar-refractivity contribution in [2.45, 2.75) is 6.54 Å². The van der Waals surface area contributed by atoms with Crippen molar-refractivity contribution in [3.63, 3.8) is 0 Å². The van der Waals surface area contributed by atoms with E-state index in [0.717, 1.165) is 10.5 Å². The molecule has 2 N–H and O–H groups in total. The third-order valence-electron chi connectivity index (χ3n) is 2.76. The fraction of sp³-hybridized carbons (Fsp3) is 0.0714. The van der Waals surface area contributed by atoms with E-state index in [1.165, 1.54) is 15.8 Å². The highest BCUT2D eigenvalue weighted by molar-refractivity contribution is 7.73. The lowest BCUT2D eigenvalue weighted by Gasteiger charge is -2.04. The van der Waals surface area contributed by atoms with Crippen molar-refractivity contribution in [1.82, 2.24) is 4.57 Å². The SMILES string of the molecule is O.S=c1sc2ccccc2n1Cc1ccccc1. The minimum Gasteiger partial charge on any atom is -0.412 e. The van der Waals surface area contributed by atoms with Crippen LogP contribution in [0.15, 0.2) is 54.6 Å². The van der Waals surface area contributed by atoms with Crippen molar-refractivity contribution in [3.8, 4) is 0 Å². The molecule has 0 saturated heterocycles. The molecule has 0 aliphatic heterocycles. The summed E-state index contributed by atoms with van der Waals surface area (Å²) in [5, 5.41) is 0. The predicted octanol–water partition coefficient (Wildman–Crippen LogP) is 3.66. The number of benzene rings is 2. The van der Waals surface area contributed by atoms with E-state index >= 15 is 0 Å². The first kappa shape index (κ1) is 13.0. The maximum absolute atomic E-state index is 5.43. The van der Waals surface area contributed by atoms with E-state index in [4.69, 9.17) is 12.2 Å². The third kappa shape index (κ3) is 2.36. The highest BCUT2D eigenvalue weighted by atomic mass is 32.1. The van der Waals surface area contributed by atoms with Crippen molar-refractivity contribution < 1.29 is 5.48 Å². The molecule has 0 atom stereocenters. The second kappa shape index (κ2) is 5.44. The lowest BCUT2D eigenvalue weighted by atomic mass is 10.2. The van der Waals surface area contributed by atoms with Gasteiger partial charge in [0.15, 0.2) is 3.95 Å². The molecule has 0 radical (unpaired) electrons. The fourth-order valence-electron chi connectivity index (χ4n) is 1.93. The molecule has 2 aromatic carbocycles. The summed E-state index contributed by atoms with van der Waals surface area (Å²) in [6.45, 7) is 0.851. The van der Waals surface area contributed by atoms with Gasteiger partial charge in [0.2, 0.25) is 0 Å². The zero-order chi connectivity index (χ0) is 11.7. The Morgan fingerprint density at radius 2 is 1.61 bits per heavy atom. The first-order valence-corrected chi connectivity index (χ1v) is 6.69. The number of fused-ring (bicyclic) bond motifs is 1. The van der Waals surface area contributed by atoms with E-state index in [1.807, 2.05) is 6.07 Å². The van der Waals surface area contributed by atoms with Crippen LogP contribution in [-0.4, -0.2) is 10.0 Å². The maximum atomic E-state index is 5.43. The van der Waals surface area contributed by atoms with Crippen molar-refractivity contribution in [2.24, 2.45) is 0 Å². The van der Waals surface area contributed by atoms with Gasteiger partial charge in [-0.1, -0.05) is 42.5 Å². The predicted molar refractivity (Wildman–Crippen MR) is 79.8 cm³/mol. The Hall–Kier alpha value is -1.49. The second-order valence-corrected chi connectivity index (χ2v) is 5.58. The number of thiazole rings is 1. The number of rotatable bonds is 2. The standard InChI is InChI=1S/C14H11NS2.H2O/c16-14-15(10-11-6-2-1-3-7-11)12-8-4-5-9-13(12)17-14;/h1-9H,10H2;1H2. The molecule has 0 saturated carbocycles. The zero-order valence-corrected chi connectivity index (χ0v) is 11.3. The molecule has 0 aliphatic carbocycles. The molecule has 3 rings (SSSR count). The minimum atomic E-state index is 0. The van der Waals surface area contributed by atoms with Gasteiger partial charge in [-0.25, -0.2) is 0 Å². The zero-order valence-electron chi connectivity index (χ0n) is 9.67. The second-order valence-electron chi connectivity index (χ2n) is 3.91. The smallest absolute Gasteiger partial charge is 0.162 e. The van der Waals surface area contributed by atoms with Crippen LogP contribution in [0.25, 0.3) is 10.2 Å². The summed E-state index contributed by atoms with van der Waals surface area (Å²) in [6.07, 6.45) is 0. The number of para-hydroxylation sites is 1. The number of nitrogens with zero attached hydrogens (tertiary/aromatic N) is 1. The van der Waals surface area contributed by atoms with E-state index in [2.05, 4.69) is 53.1 Å². The molecule has 0 aliphatic rings. The first-order chi connectivity index (χ1) is 8.34. The van der Waals surface area contributed by atoms with Crippen LogP contribution < -0.4 is 0 Å². The molecular formula is C14H13NOS2. The summed E-state index contributed by atoms with van der Waals surface area (Å²) in [6, 6.07) is 18.8. The molecule has 0 spiro atoms. The lowest BCUT2D eigenvalue weighted by molar-refractivity contribution is 0.824. The largest absolute Gasteiger partial charge is 0.412 e. The number of aromatic nitrogens is 1. The Morgan fingerprint density at radius 3 is 2.39 bits per heavy atom. The van der Waals surface area contributed by atoms with E-state index in [-0.39, 0.29) is 5.48 Å². The van der Waals surface area contributed by atoms with Gasteiger partial charge in [-0.05, 0) is 29.9 Å². The average Bonchev–Trinajstić information content (AvgIpc) is 2.68. The Morgan fingerprint density at radius 1 is 0.944 bits per heavy atom. The normalized spacial score (nSPS) is 10.2. The van der Waals surface area contributed by atoms with Crippen molar-refractivity contribution in [2.75, 3.05) is 0 Å². The van der Waals surface area contributed by atoms with Crippen LogP contribution in [0.5, 0.6) is 0 Å². The molecule has 0 amide bonds. The van der Waals surface area contributed by atoms with Gasteiger partial charge in [-0.3, -0.25) is 0 Å². The summed E-state index contributed by atoms with van der Waals surface area (Å²) < 4.78 is 4.40. The van der Waals surface area contributed by atoms with Gasteiger partial charge < -0.3 is 10.0 Å². The molecule has 4 heteroatoms. The molecule has 2 nitrogen and oxygen atoms in total. The van der Waals surface area contributed by atoms with Crippen LogP contribution in [0.3, 0.4) is 0 Å². The Labute approximate surface area is 114 Å². The van der Waals surface area contributed by atoms with Gasteiger partial charge in [0, 0.05) is 6.54 Å². The van der Waals surface area contributed by atoms with Gasteiger partial charge >= 0.3 is 0 Å². The summed E-state index contributed by atoms with van der Waals surface area (Å²) in [4.78, 5) is 0. The molecule has 0 fully saturated rings. The van der Waals surface area contributed by atoms with Crippen LogP contribution in [0.1, 0.15) is 5.56 Å². The quantitative estimate of drug-likeness (QED) is 0.658. The maximum Gasteiger partial charge on any atom is 0.162 e. The molecule has 1 heterocycles. The fourth-order valence-corrected chi connectivity index (χ4v) is 3.25. The van der Waals surface area contributed by atoms with E-state index in [0.29, 0.717) is 0 Å². The van der Waals surface area contributed by atoms with Crippen molar-refractivity contribution in [1.29, 1.82) is 0 Å². The van der Waals surface area contributed by atoms with Gasteiger partial charge in [-0.2, -0.15) is 0 Å². The summed E-state index contributed by atoms with van der Waals surface area (Å²) in [7, 11) is 0. The summed E-state index contributed by atoms with van der Waals surface area (Å²) >= 11 is 7.11. The summed E-state index contributed by atoms with van der Waals surface area (Å²) in [5.41, 5.74) is 2.51. The van der Waals surface area contributed by atoms with Gasteiger partial charge in [0.25, 0.3) is 0 Å². The molecule has 0 bridgehead atoms. The van der Waals surface area contributed by atoms with Crippen LogP contribution in [0, 0.1) is 3.95 Å². The van der Waals surface area contributed by atoms with Gasteiger partial charge in [0.05, 0.1) is 10.2 Å². The van der Waals surface area contributed by atoms with Gasteiger partial charge in [0.1, 0.15) is 0 Å². The topological polar surface area (TPSA) is 36.4 Å². The molecule has 92 valence electrons. The van der Waals surface area contributed by atoms with Crippen molar-refractivity contribution in [3.05, 3.63) is 64.1 Å². The average molecular weight is 275 g/mol. The number of hydrogen-bond donors (Lipinski definition) is 0. The Kier molecular flexibility index (Phi) is 3.91. The summed E-state index contributed by atoms with van der Waals surface area (Å²) in [5.74, 6) is 0. The van der Waals surface area contributed by atoms with Crippen LogP contribution >= 0.6 is 23.6 Å². The molecule has 0 unspecified atom stereocenters. The Balaban J connectivity index is 0.00000120. The van der Waals surface area contributed by atoms with Crippen LogP contribution in [0.4, 0.5) is 0 Å². The molecule has 18 heavy (non-hydrogen) atoms. The lowest BCUT2D eigenvalue weighted by Crippen LogP contribution is -1.98. The van der Waals surface area contributed by atoms with Crippen molar-refractivity contribution >= 4 is 33.8 Å². The third-order valence-corrected chi connectivity index (χ3v) is 4.19. The van der Waals surface area contributed by atoms with Gasteiger partial charge in [-0.15, -0.1) is 11.3 Å². The highest BCUT2D eigenvalue weighted by Gasteiger charge is 2.04. The molecule has 3 aromatic rings. The monoisotopic (exact) mass is 275 g/mol. The minimum absolute atomic E-state index is 0. The van der Waals surface area contributed by atoms with Crippen LogP contribution in [0.2, 0.25) is 0 Å². The molecular weight excluding hydrogens is 262 g/mol. The first-order valence-electron chi connectivity index (χ1n) is 5.47. The molecule has 1 aromatic heterocycles. The number of hydrogen-bond acceptors (Lipinski definition) is 2. The van der Waals surface area contributed by atoms with E-state index in [9.17, 15) is 0 Å². The highest BCUT2D eigenvalue weighted by Crippen LogP contribution is 2.23. The van der Waals surface area contributed by atoms with Crippen LogP contribution in [-0.2, 0) is 6.54 Å².